The number of aliphatic hydroxyl groups is 1. The maximum Gasteiger partial charge on any atom is 0.264 e. The molecule has 1 aliphatic rings. The normalized spacial score (nSPS) is 15.5. The lowest BCUT2D eigenvalue weighted by Crippen LogP contribution is -2.32. The summed E-state index contributed by atoms with van der Waals surface area (Å²) in [5, 5.41) is 10.6. The molecule has 108 valence electrons. The second kappa shape index (κ2) is 7.47. The molecule has 0 aromatic carbocycles. The van der Waals surface area contributed by atoms with Gasteiger partial charge in [0.1, 0.15) is 11.5 Å². The van der Waals surface area contributed by atoms with Crippen molar-refractivity contribution in [1.29, 1.82) is 0 Å². The van der Waals surface area contributed by atoms with Crippen molar-refractivity contribution < 1.29 is 9.90 Å². The summed E-state index contributed by atoms with van der Waals surface area (Å²) < 4.78 is 0. The van der Waals surface area contributed by atoms with Crippen LogP contribution < -0.4 is 0 Å². The average Bonchev–Trinajstić information content (AvgIpc) is 2.93. The van der Waals surface area contributed by atoms with E-state index in [0.29, 0.717) is 10.8 Å². The third kappa shape index (κ3) is 3.84. The third-order valence-corrected chi connectivity index (χ3v) is 4.67. The molecule has 1 heterocycles. The van der Waals surface area contributed by atoms with Crippen LogP contribution in [0.5, 0.6) is 0 Å². The van der Waals surface area contributed by atoms with Crippen LogP contribution in [0.1, 0.15) is 47.3 Å². The molecule has 0 saturated heterocycles. The van der Waals surface area contributed by atoms with Crippen LogP contribution in [0.2, 0.25) is 0 Å². The Balaban J connectivity index is 2.01. The van der Waals surface area contributed by atoms with Crippen molar-refractivity contribution >= 4 is 17.2 Å². The molecule has 3 nitrogen and oxygen atoms in total. The summed E-state index contributed by atoms with van der Waals surface area (Å²) in [5.41, 5.74) is 0.726. The molecule has 1 amide bonds. The highest BCUT2D eigenvalue weighted by Gasteiger charge is 2.21. The molecule has 0 unspecified atom stereocenters. The van der Waals surface area contributed by atoms with Crippen molar-refractivity contribution in [3.8, 4) is 11.8 Å². The first-order chi connectivity index (χ1) is 9.72. The average molecular weight is 291 g/mol. The predicted molar refractivity (Wildman–Crippen MR) is 81.8 cm³/mol. The van der Waals surface area contributed by atoms with E-state index >= 15 is 0 Å². The Labute approximate surface area is 124 Å². The van der Waals surface area contributed by atoms with E-state index in [4.69, 9.17) is 5.11 Å². The number of aliphatic hydroxyl groups excluding tert-OH is 1. The summed E-state index contributed by atoms with van der Waals surface area (Å²) in [6.45, 7) is 0.658. The van der Waals surface area contributed by atoms with E-state index in [1.807, 2.05) is 23.4 Å². The van der Waals surface area contributed by atoms with Gasteiger partial charge in [0, 0.05) is 19.2 Å². The molecule has 0 spiro atoms. The number of hydrogen-bond acceptors (Lipinski definition) is 3. The van der Waals surface area contributed by atoms with E-state index in [1.54, 1.807) is 0 Å². The first-order valence-corrected chi connectivity index (χ1v) is 8.03. The van der Waals surface area contributed by atoms with Gasteiger partial charge in [-0.15, -0.1) is 11.3 Å². The van der Waals surface area contributed by atoms with Crippen LogP contribution in [0, 0.1) is 17.8 Å². The summed E-state index contributed by atoms with van der Waals surface area (Å²) in [5.74, 6) is 6.15. The van der Waals surface area contributed by atoms with Crippen LogP contribution in [-0.2, 0) is 0 Å². The zero-order valence-corrected chi connectivity index (χ0v) is 12.7. The van der Waals surface area contributed by atoms with Gasteiger partial charge in [0.25, 0.3) is 5.91 Å². The maximum atomic E-state index is 12.5. The SMILES string of the molecule is CN(CC1CCCCC1)C(=O)c1sccc1C#CCO. The monoisotopic (exact) mass is 291 g/mol. The smallest absolute Gasteiger partial charge is 0.264 e. The predicted octanol–water partition coefficient (Wildman–Crippen LogP) is 2.74. The second-order valence-electron chi connectivity index (χ2n) is 5.31. The molecule has 1 aliphatic carbocycles. The Bertz CT molecular complexity index is 506. The van der Waals surface area contributed by atoms with Crippen LogP contribution in [0.25, 0.3) is 0 Å². The van der Waals surface area contributed by atoms with Crippen LogP contribution in [0.15, 0.2) is 11.4 Å². The number of amides is 1. The second-order valence-corrected chi connectivity index (χ2v) is 6.23. The van der Waals surface area contributed by atoms with Gasteiger partial charge in [-0.05, 0) is 30.2 Å². The molecule has 1 N–H and O–H groups in total. The topological polar surface area (TPSA) is 40.5 Å². The number of hydrogen-bond donors (Lipinski definition) is 1. The fourth-order valence-electron chi connectivity index (χ4n) is 2.72. The van der Waals surface area contributed by atoms with Crippen LogP contribution in [0.3, 0.4) is 0 Å². The third-order valence-electron chi connectivity index (χ3n) is 3.77. The summed E-state index contributed by atoms with van der Waals surface area (Å²) in [7, 11) is 1.87. The zero-order chi connectivity index (χ0) is 14.4. The Morgan fingerprint density at radius 3 is 2.90 bits per heavy atom. The molecule has 0 bridgehead atoms. The van der Waals surface area contributed by atoms with Crippen molar-refractivity contribution in [2.75, 3.05) is 20.2 Å². The molecule has 1 aromatic heterocycles. The summed E-state index contributed by atoms with van der Waals surface area (Å²) in [6, 6.07) is 1.84. The lowest BCUT2D eigenvalue weighted by atomic mass is 9.89. The largest absolute Gasteiger partial charge is 0.384 e. The van der Waals surface area contributed by atoms with Gasteiger partial charge in [0.05, 0.1) is 0 Å². The van der Waals surface area contributed by atoms with E-state index in [1.165, 1.54) is 43.4 Å². The Morgan fingerprint density at radius 1 is 1.45 bits per heavy atom. The van der Waals surface area contributed by atoms with Crippen molar-refractivity contribution in [3.63, 3.8) is 0 Å². The van der Waals surface area contributed by atoms with Gasteiger partial charge < -0.3 is 10.0 Å². The molecule has 0 atom stereocenters. The van der Waals surface area contributed by atoms with E-state index in [2.05, 4.69) is 11.8 Å². The minimum Gasteiger partial charge on any atom is -0.384 e. The van der Waals surface area contributed by atoms with Gasteiger partial charge in [-0.1, -0.05) is 31.1 Å². The minimum absolute atomic E-state index is 0.0489. The lowest BCUT2D eigenvalue weighted by Gasteiger charge is -2.26. The molecule has 2 rings (SSSR count). The molecule has 1 fully saturated rings. The number of nitrogens with zero attached hydrogens (tertiary/aromatic N) is 1. The van der Waals surface area contributed by atoms with Gasteiger partial charge in [-0.25, -0.2) is 0 Å². The van der Waals surface area contributed by atoms with E-state index in [0.717, 1.165) is 12.1 Å². The molecular weight excluding hydrogens is 270 g/mol. The lowest BCUT2D eigenvalue weighted by molar-refractivity contribution is 0.0765. The molecule has 4 heteroatoms. The fourth-order valence-corrected chi connectivity index (χ4v) is 3.56. The van der Waals surface area contributed by atoms with Gasteiger partial charge in [-0.2, -0.15) is 0 Å². The Morgan fingerprint density at radius 2 is 2.20 bits per heavy atom. The molecule has 1 aromatic rings. The van der Waals surface area contributed by atoms with Crippen molar-refractivity contribution in [2.24, 2.45) is 5.92 Å². The van der Waals surface area contributed by atoms with Crippen molar-refractivity contribution in [1.82, 2.24) is 4.90 Å². The fraction of sp³-hybridized carbons (Fsp3) is 0.562. The first-order valence-electron chi connectivity index (χ1n) is 7.15. The van der Waals surface area contributed by atoms with Gasteiger partial charge in [0.15, 0.2) is 0 Å². The number of carbonyl (C=O) groups excluding carboxylic acids is 1. The molecule has 0 aliphatic heterocycles. The Hall–Kier alpha value is -1.31. The Kier molecular flexibility index (Phi) is 5.63. The van der Waals surface area contributed by atoms with Crippen LogP contribution >= 0.6 is 11.3 Å². The van der Waals surface area contributed by atoms with Gasteiger partial charge >= 0.3 is 0 Å². The van der Waals surface area contributed by atoms with Gasteiger partial charge in [-0.3, -0.25) is 4.79 Å². The molecule has 20 heavy (non-hydrogen) atoms. The highest BCUT2D eigenvalue weighted by Crippen LogP contribution is 2.25. The van der Waals surface area contributed by atoms with Crippen molar-refractivity contribution in [3.05, 3.63) is 21.9 Å². The van der Waals surface area contributed by atoms with E-state index in [-0.39, 0.29) is 12.5 Å². The van der Waals surface area contributed by atoms with E-state index in [9.17, 15) is 4.79 Å². The zero-order valence-electron chi connectivity index (χ0n) is 11.9. The highest BCUT2D eigenvalue weighted by molar-refractivity contribution is 7.12. The van der Waals surface area contributed by atoms with Crippen LogP contribution in [0.4, 0.5) is 0 Å². The van der Waals surface area contributed by atoms with Crippen molar-refractivity contribution in [2.45, 2.75) is 32.1 Å². The van der Waals surface area contributed by atoms with Gasteiger partial charge in [0.2, 0.25) is 0 Å². The molecular formula is C16H21NO2S. The minimum atomic E-state index is -0.179. The quantitative estimate of drug-likeness (QED) is 0.870. The number of rotatable bonds is 3. The standard InChI is InChI=1S/C16H21NO2S/c1-17(12-13-6-3-2-4-7-13)16(19)15-14(8-5-10-18)9-11-20-15/h9,11,13,18H,2-4,6-7,10,12H2,1H3. The van der Waals surface area contributed by atoms with E-state index < -0.39 is 0 Å². The number of carbonyl (C=O) groups is 1. The highest BCUT2D eigenvalue weighted by atomic mass is 32.1. The summed E-state index contributed by atoms with van der Waals surface area (Å²) in [6.07, 6.45) is 6.39. The maximum absolute atomic E-state index is 12.5. The first kappa shape index (κ1) is 15.1. The number of thiophene rings is 1. The molecule has 1 saturated carbocycles. The molecule has 0 radical (unpaired) electrons. The summed E-state index contributed by atoms with van der Waals surface area (Å²) >= 11 is 1.42. The summed E-state index contributed by atoms with van der Waals surface area (Å²) in [4.78, 5) is 15.0. The van der Waals surface area contributed by atoms with Crippen LogP contribution in [-0.4, -0.2) is 36.1 Å².